The van der Waals surface area contributed by atoms with E-state index in [1.165, 1.54) is 96.3 Å². The van der Waals surface area contributed by atoms with Crippen LogP contribution in [0.2, 0.25) is 0 Å². The zero-order chi connectivity index (χ0) is 25.8. The molecule has 5 nitrogen and oxygen atoms in total. The maximum atomic E-state index is 12.0. The fourth-order valence-corrected chi connectivity index (χ4v) is 4.39. The highest BCUT2D eigenvalue weighted by atomic mass is 16.5. The number of unbranched alkanes of at least 4 members (excludes halogenated alkanes) is 18. The van der Waals surface area contributed by atoms with Gasteiger partial charge in [-0.1, -0.05) is 123 Å². The van der Waals surface area contributed by atoms with Crippen LogP contribution in [-0.2, 0) is 14.3 Å². The molecule has 0 saturated carbocycles. The molecule has 0 rings (SSSR count). The molecule has 0 bridgehead atoms. The van der Waals surface area contributed by atoms with Crippen molar-refractivity contribution in [1.82, 2.24) is 5.32 Å². The van der Waals surface area contributed by atoms with Crippen LogP contribution in [0.3, 0.4) is 0 Å². The summed E-state index contributed by atoms with van der Waals surface area (Å²) in [6, 6.07) is -0.546. The first-order chi connectivity index (χ1) is 17.1. The van der Waals surface area contributed by atoms with E-state index in [1.54, 1.807) is 0 Å². The molecular formula is C30H60N2O3. The molecule has 0 aromatic heterocycles. The third-order valence-corrected chi connectivity index (χ3v) is 6.82. The largest absolute Gasteiger partial charge is 0.465 e. The van der Waals surface area contributed by atoms with Gasteiger partial charge >= 0.3 is 5.97 Å². The summed E-state index contributed by atoms with van der Waals surface area (Å²) in [6.45, 7) is 5.65. The molecule has 208 valence electrons. The third kappa shape index (κ3) is 25.8. The van der Waals surface area contributed by atoms with E-state index in [-0.39, 0.29) is 11.9 Å². The molecule has 0 heterocycles. The van der Waals surface area contributed by atoms with Gasteiger partial charge < -0.3 is 15.8 Å². The van der Waals surface area contributed by atoms with Crippen molar-refractivity contribution in [2.45, 2.75) is 168 Å². The van der Waals surface area contributed by atoms with Gasteiger partial charge in [0.05, 0.1) is 6.61 Å². The number of hydrogen-bond donors (Lipinski definition) is 2. The summed E-state index contributed by atoms with van der Waals surface area (Å²) in [6.07, 6.45) is 27.0. The number of ether oxygens (including phenoxy) is 1. The molecule has 0 spiro atoms. The van der Waals surface area contributed by atoms with Gasteiger partial charge in [0.15, 0.2) is 0 Å². The average Bonchev–Trinajstić information content (AvgIpc) is 2.85. The van der Waals surface area contributed by atoms with Gasteiger partial charge in [0.2, 0.25) is 5.91 Å². The summed E-state index contributed by atoms with van der Waals surface area (Å²) in [5.41, 5.74) is 5.97. The Morgan fingerprint density at radius 1 is 0.629 bits per heavy atom. The molecule has 0 radical (unpaired) electrons. The standard InChI is InChI=1S/C30H60N2O3/c1-3-5-7-9-11-13-15-17-19-23-27-35-30(34)28(31)24-21-22-26-32-29(33)25-20-18-16-14-12-10-8-6-4-2/h28H,3-27,31H2,1-2H3,(H,32,33)/t28-/m0/s1. The lowest BCUT2D eigenvalue weighted by molar-refractivity contribution is -0.145. The van der Waals surface area contributed by atoms with Crippen molar-refractivity contribution in [2.75, 3.05) is 13.2 Å². The smallest absolute Gasteiger partial charge is 0.322 e. The molecule has 3 N–H and O–H groups in total. The number of amides is 1. The Bertz CT molecular complexity index is 471. The molecule has 1 amide bonds. The van der Waals surface area contributed by atoms with Crippen LogP contribution in [-0.4, -0.2) is 31.1 Å². The van der Waals surface area contributed by atoms with Crippen molar-refractivity contribution in [2.24, 2.45) is 5.73 Å². The Morgan fingerprint density at radius 3 is 1.60 bits per heavy atom. The third-order valence-electron chi connectivity index (χ3n) is 6.82. The first-order valence-electron chi connectivity index (χ1n) is 15.3. The molecule has 0 aliphatic rings. The molecule has 35 heavy (non-hydrogen) atoms. The first kappa shape index (κ1) is 33.9. The van der Waals surface area contributed by atoms with Crippen LogP contribution in [0.5, 0.6) is 0 Å². The van der Waals surface area contributed by atoms with E-state index in [0.29, 0.717) is 26.0 Å². The molecule has 1 atom stereocenters. The quantitative estimate of drug-likeness (QED) is 0.0892. The number of carbonyl (C=O) groups is 2. The molecule has 0 aliphatic heterocycles. The number of carbonyl (C=O) groups excluding carboxylic acids is 2. The second-order valence-electron chi connectivity index (χ2n) is 10.4. The molecule has 0 aromatic rings. The highest BCUT2D eigenvalue weighted by Crippen LogP contribution is 2.12. The summed E-state index contributed by atoms with van der Waals surface area (Å²) in [7, 11) is 0. The van der Waals surface area contributed by atoms with E-state index in [2.05, 4.69) is 19.2 Å². The predicted molar refractivity (Wildman–Crippen MR) is 149 cm³/mol. The summed E-state index contributed by atoms with van der Waals surface area (Å²) in [4.78, 5) is 23.9. The van der Waals surface area contributed by atoms with Crippen molar-refractivity contribution in [3.05, 3.63) is 0 Å². The van der Waals surface area contributed by atoms with Crippen LogP contribution >= 0.6 is 0 Å². The van der Waals surface area contributed by atoms with Gasteiger partial charge in [-0.05, 0) is 32.1 Å². The number of hydrogen-bond acceptors (Lipinski definition) is 4. The van der Waals surface area contributed by atoms with Crippen LogP contribution in [0.25, 0.3) is 0 Å². The van der Waals surface area contributed by atoms with Crippen LogP contribution in [0.1, 0.15) is 162 Å². The number of nitrogens with one attached hydrogen (secondary N) is 1. The fourth-order valence-electron chi connectivity index (χ4n) is 4.39. The van der Waals surface area contributed by atoms with E-state index in [4.69, 9.17) is 10.5 Å². The second kappa shape index (κ2) is 27.5. The summed E-state index contributed by atoms with van der Waals surface area (Å²) in [5.74, 6) is -0.136. The van der Waals surface area contributed by atoms with Gasteiger partial charge in [-0.15, -0.1) is 0 Å². The molecule has 0 fully saturated rings. The van der Waals surface area contributed by atoms with Gasteiger partial charge in [0.25, 0.3) is 0 Å². The number of nitrogens with two attached hydrogens (primary N) is 1. The second-order valence-corrected chi connectivity index (χ2v) is 10.4. The van der Waals surface area contributed by atoms with E-state index in [1.807, 2.05) is 0 Å². The predicted octanol–water partition coefficient (Wildman–Crippen LogP) is 7.99. The molecule has 0 aliphatic carbocycles. The lowest BCUT2D eigenvalue weighted by Crippen LogP contribution is -2.32. The van der Waals surface area contributed by atoms with Crippen molar-refractivity contribution >= 4 is 11.9 Å². The van der Waals surface area contributed by atoms with E-state index >= 15 is 0 Å². The van der Waals surface area contributed by atoms with Crippen LogP contribution in [0.4, 0.5) is 0 Å². The fraction of sp³-hybridized carbons (Fsp3) is 0.933. The van der Waals surface area contributed by atoms with Gasteiger partial charge in [-0.2, -0.15) is 0 Å². The van der Waals surface area contributed by atoms with Crippen LogP contribution in [0, 0.1) is 0 Å². The van der Waals surface area contributed by atoms with Gasteiger partial charge in [-0.3, -0.25) is 9.59 Å². The van der Waals surface area contributed by atoms with Crippen molar-refractivity contribution in [1.29, 1.82) is 0 Å². The monoisotopic (exact) mass is 496 g/mol. The zero-order valence-corrected chi connectivity index (χ0v) is 23.6. The lowest BCUT2D eigenvalue weighted by Gasteiger charge is -2.12. The Labute approximate surface area is 218 Å². The normalized spacial score (nSPS) is 12.0. The van der Waals surface area contributed by atoms with E-state index < -0.39 is 6.04 Å². The lowest BCUT2D eigenvalue weighted by atomic mass is 10.1. The molecule has 0 aromatic carbocycles. The van der Waals surface area contributed by atoms with Crippen molar-refractivity contribution in [3.8, 4) is 0 Å². The zero-order valence-electron chi connectivity index (χ0n) is 23.6. The topological polar surface area (TPSA) is 81.4 Å². The molecule has 0 unspecified atom stereocenters. The summed E-state index contributed by atoms with van der Waals surface area (Å²) in [5, 5.41) is 2.99. The SMILES string of the molecule is CCCCCCCCCCCCOC(=O)[C@@H](N)CCCCNC(=O)CCCCCCCCCCC. The number of esters is 1. The highest BCUT2D eigenvalue weighted by molar-refractivity contribution is 5.76. The van der Waals surface area contributed by atoms with E-state index in [0.717, 1.165) is 38.5 Å². The maximum Gasteiger partial charge on any atom is 0.322 e. The summed E-state index contributed by atoms with van der Waals surface area (Å²) < 4.78 is 5.33. The van der Waals surface area contributed by atoms with Crippen LogP contribution in [0.15, 0.2) is 0 Å². The van der Waals surface area contributed by atoms with Crippen molar-refractivity contribution < 1.29 is 14.3 Å². The van der Waals surface area contributed by atoms with Gasteiger partial charge in [0, 0.05) is 13.0 Å². The van der Waals surface area contributed by atoms with Crippen molar-refractivity contribution in [3.63, 3.8) is 0 Å². The highest BCUT2D eigenvalue weighted by Gasteiger charge is 2.14. The van der Waals surface area contributed by atoms with Gasteiger partial charge in [-0.25, -0.2) is 0 Å². The number of rotatable bonds is 27. The first-order valence-corrected chi connectivity index (χ1v) is 15.3. The Balaban J connectivity index is 3.41. The Kier molecular flexibility index (Phi) is 26.6. The van der Waals surface area contributed by atoms with Crippen LogP contribution < -0.4 is 11.1 Å². The summed E-state index contributed by atoms with van der Waals surface area (Å²) >= 11 is 0. The molecule has 5 heteroatoms. The maximum absolute atomic E-state index is 12.0. The average molecular weight is 497 g/mol. The molecule has 0 saturated heterocycles. The van der Waals surface area contributed by atoms with Gasteiger partial charge in [0.1, 0.15) is 6.04 Å². The Morgan fingerprint density at radius 2 is 1.09 bits per heavy atom. The minimum atomic E-state index is -0.546. The van der Waals surface area contributed by atoms with E-state index in [9.17, 15) is 9.59 Å². The Hall–Kier alpha value is -1.10. The molecular weight excluding hydrogens is 436 g/mol. The minimum Gasteiger partial charge on any atom is -0.465 e. The minimum absolute atomic E-state index is 0.146.